The zero-order valence-corrected chi connectivity index (χ0v) is 24.0. The molecule has 0 spiro atoms. The zero-order valence-electron chi connectivity index (χ0n) is 23.2. The van der Waals surface area contributed by atoms with Crippen LogP contribution in [0.3, 0.4) is 0 Å². The molecule has 0 unspecified atom stereocenters. The number of carbonyl (C=O) groups excluding carboxylic acids is 2. The molecule has 2 amide bonds. The maximum Gasteiger partial charge on any atom is 0.279 e. The van der Waals surface area contributed by atoms with Crippen molar-refractivity contribution < 1.29 is 26.5 Å². The Kier molecular flexibility index (Phi) is 16.8. The summed E-state index contributed by atoms with van der Waals surface area (Å²) in [6, 6.07) is 9.38. The molecular formula is C30H52ClN3O2. The fourth-order valence-electron chi connectivity index (χ4n) is 5.27. The van der Waals surface area contributed by atoms with Gasteiger partial charge in [-0.25, -0.2) is 0 Å². The van der Waals surface area contributed by atoms with Gasteiger partial charge in [-0.1, -0.05) is 108 Å². The average molecular weight is 522 g/mol. The topological polar surface area (TPSA) is 58.2 Å². The van der Waals surface area contributed by atoms with Crippen LogP contribution in [0.1, 0.15) is 102 Å². The van der Waals surface area contributed by atoms with Gasteiger partial charge in [0.05, 0.1) is 20.6 Å². The number of likely N-dealkylation sites (tertiary alicyclic amines) is 1. The summed E-state index contributed by atoms with van der Waals surface area (Å²) in [4.78, 5) is 26.1. The average Bonchev–Trinajstić information content (AvgIpc) is 3.21. The van der Waals surface area contributed by atoms with Crippen LogP contribution in [0.15, 0.2) is 30.3 Å². The number of nitrogens with one attached hydrogen (secondary N) is 2. The van der Waals surface area contributed by atoms with E-state index in [4.69, 9.17) is 0 Å². The number of nitrogens with zero attached hydrogens (tertiary/aromatic N) is 1. The lowest BCUT2D eigenvalue weighted by Gasteiger charge is -2.31. The molecule has 5 nitrogen and oxygen atoms in total. The minimum Gasteiger partial charge on any atom is -1.00 e. The predicted octanol–water partition coefficient (Wildman–Crippen LogP) is 2.77. The first-order chi connectivity index (χ1) is 16.9. The number of hydrogen-bond donors (Lipinski definition) is 2. The largest absolute Gasteiger partial charge is 1.00 e. The second-order valence-corrected chi connectivity index (χ2v) is 11.1. The van der Waals surface area contributed by atoms with Gasteiger partial charge in [-0.3, -0.25) is 9.59 Å². The van der Waals surface area contributed by atoms with Crippen molar-refractivity contribution in [1.82, 2.24) is 10.6 Å². The van der Waals surface area contributed by atoms with E-state index in [0.717, 1.165) is 37.8 Å². The Bertz CT molecular complexity index is 726. The standard InChI is InChI=1S/C30H51N3O2.ClH/c1-4-5-6-7-8-9-10-11-12-13-14-18-23-31-29(34)27(25-26-20-16-15-17-21-26)32-30(35)28-22-19-24-33(28,2)3;/h15-17,20-21,27-28H,4-14,18-19,22-25H2,1-3H3,(H-,31,32,34,35);1H/t27-,28-;/m0./s1. The third-order valence-electron chi connectivity index (χ3n) is 7.60. The second-order valence-electron chi connectivity index (χ2n) is 11.1. The van der Waals surface area contributed by atoms with E-state index >= 15 is 0 Å². The molecule has 0 aromatic heterocycles. The molecule has 1 fully saturated rings. The fraction of sp³-hybridized carbons (Fsp3) is 0.733. The normalized spacial score (nSPS) is 17.2. The molecule has 1 aliphatic heterocycles. The zero-order chi connectivity index (χ0) is 25.4. The van der Waals surface area contributed by atoms with Crippen LogP contribution in [0, 0.1) is 0 Å². The third-order valence-corrected chi connectivity index (χ3v) is 7.60. The number of amides is 2. The van der Waals surface area contributed by atoms with E-state index < -0.39 is 6.04 Å². The van der Waals surface area contributed by atoms with Crippen molar-refractivity contribution in [3.63, 3.8) is 0 Å². The summed E-state index contributed by atoms with van der Waals surface area (Å²) < 4.78 is 0.699. The Morgan fingerprint density at radius 1 is 0.889 bits per heavy atom. The molecule has 1 aromatic rings. The van der Waals surface area contributed by atoms with E-state index in [0.29, 0.717) is 17.4 Å². The highest BCUT2D eigenvalue weighted by molar-refractivity contribution is 5.89. The second kappa shape index (κ2) is 18.6. The molecule has 1 aliphatic rings. The molecule has 0 saturated carbocycles. The molecule has 1 aromatic carbocycles. The first-order valence-electron chi connectivity index (χ1n) is 14.4. The fourth-order valence-corrected chi connectivity index (χ4v) is 5.27. The van der Waals surface area contributed by atoms with Crippen LogP contribution in [0.25, 0.3) is 0 Å². The van der Waals surface area contributed by atoms with Crippen molar-refractivity contribution in [2.75, 3.05) is 27.2 Å². The summed E-state index contributed by atoms with van der Waals surface area (Å²) in [5.74, 6) is -0.0532. The number of hydrogen-bond acceptors (Lipinski definition) is 2. The van der Waals surface area contributed by atoms with Gasteiger partial charge in [0, 0.05) is 25.8 Å². The molecular weight excluding hydrogens is 470 g/mol. The lowest BCUT2D eigenvalue weighted by molar-refractivity contribution is -0.893. The molecule has 2 rings (SSSR count). The van der Waals surface area contributed by atoms with Crippen LogP contribution in [-0.4, -0.2) is 55.6 Å². The number of unbranched alkanes of at least 4 members (excludes halogenated alkanes) is 11. The van der Waals surface area contributed by atoms with E-state index in [1.165, 1.54) is 64.2 Å². The van der Waals surface area contributed by atoms with Crippen LogP contribution in [0.4, 0.5) is 0 Å². The summed E-state index contributed by atoms with van der Waals surface area (Å²) in [6.45, 7) is 3.96. The molecule has 0 radical (unpaired) electrons. The van der Waals surface area contributed by atoms with Crippen LogP contribution in [0.5, 0.6) is 0 Å². The monoisotopic (exact) mass is 521 g/mol. The van der Waals surface area contributed by atoms with E-state index in [1.54, 1.807) is 0 Å². The minimum absolute atomic E-state index is 0. The van der Waals surface area contributed by atoms with Crippen LogP contribution in [-0.2, 0) is 16.0 Å². The highest BCUT2D eigenvalue weighted by Gasteiger charge is 2.40. The molecule has 6 heteroatoms. The van der Waals surface area contributed by atoms with E-state index in [-0.39, 0.29) is 30.3 Å². The summed E-state index contributed by atoms with van der Waals surface area (Å²) in [5.41, 5.74) is 1.07. The van der Waals surface area contributed by atoms with Gasteiger partial charge in [0.1, 0.15) is 6.04 Å². The van der Waals surface area contributed by atoms with Crippen molar-refractivity contribution in [1.29, 1.82) is 0 Å². The maximum absolute atomic E-state index is 13.0. The Hall–Kier alpha value is -1.59. The summed E-state index contributed by atoms with van der Waals surface area (Å²) in [6.07, 6.45) is 18.1. The van der Waals surface area contributed by atoms with Gasteiger partial charge >= 0.3 is 0 Å². The van der Waals surface area contributed by atoms with Gasteiger partial charge in [0.25, 0.3) is 5.91 Å². The van der Waals surface area contributed by atoms with Crippen LogP contribution >= 0.6 is 0 Å². The van der Waals surface area contributed by atoms with Crippen molar-refractivity contribution in [3.05, 3.63) is 35.9 Å². The first kappa shape index (κ1) is 32.4. The first-order valence-corrected chi connectivity index (χ1v) is 14.4. The molecule has 0 aliphatic carbocycles. The molecule has 1 saturated heterocycles. The van der Waals surface area contributed by atoms with E-state index in [2.05, 4.69) is 31.7 Å². The Labute approximate surface area is 227 Å². The molecule has 2 atom stereocenters. The number of benzene rings is 1. The molecule has 0 bridgehead atoms. The highest BCUT2D eigenvalue weighted by Crippen LogP contribution is 2.22. The van der Waals surface area contributed by atoms with Gasteiger partial charge in [0.15, 0.2) is 6.04 Å². The Morgan fingerprint density at radius 3 is 1.97 bits per heavy atom. The smallest absolute Gasteiger partial charge is 0.279 e. The molecule has 2 N–H and O–H groups in total. The molecule has 36 heavy (non-hydrogen) atoms. The molecule has 206 valence electrons. The maximum atomic E-state index is 13.0. The van der Waals surface area contributed by atoms with Crippen LogP contribution in [0.2, 0.25) is 0 Å². The van der Waals surface area contributed by atoms with E-state index in [9.17, 15) is 9.59 Å². The Morgan fingerprint density at radius 2 is 1.44 bits per heavy atom. The number of carbonyl (C=O) groups is 2. The van der Waals surface area contributed by atoms with Gasteiger partial charge in [-0.05, 0) is 12.0 Å². The molecule has 1 heterocycles. The summed E-state index contributed by atoms with van der Waals surface area (Å²) in [5, 5.41) is 6.19. The Balaban J connectivity index is 0.00000648. The minimum atomic E-state index is -0.525. The third kappa shape index (κ3) is 12.6. The number of halogens is 1. The van der Waals surface area contributed by atoms with Crippen LogP contribution < -0.4 is 23.0 Å². The summed E-state index contributed by atoms with van der Waals surface area (Å²) >= 11 is 0. The van der Waals surface area contributed by atoms with E-state index in [1.807, 2.05) is 30.3 Å². The van der Waals surface area contributed by atoms with Gasteiger partial charge in [0.2, 0.25) is 5.91 Å². The lowest BCUT2D eigenvalue weighted by atomic mass is 10.0. The highest BCUT2D eigenvalue weighted by atomic mass is 35.5. The van der Waals surface area contributed by atoms with Crippen molar-refractivity contribution in [2.45, 2.75) is 115 Å². The number of quaternary nitrogens is 1. The number of rotatable bonds is 18. The summed E-state index contributed by atoms with van der Waals surface area (Å²) in [7, 11) is 4.22. The van der Waals surface area contributed by atoms with Crippen molar-refractivity contribution in [2.24, 2.45) is 0 Å². The quantitative estimate of drug-likeness (QED) is 0.230. The van der Waals surface area contributed by atoms with Gasteiger partial charge in [-0.15, -0.1) is 0 Å². The predicted molar refractivity (Wildman–Crippen MR) is 146 cm³/mol. The van der Waals surface area contributed by atoms with Crippen molar-refractivity contribution in [3.8, 4) is 0 Å². The number of likely N-dealkylation sites (N-methyl/N-ethyl adjacent to an activating group) is 1. The van der Waals surface area contributed by atoms with Crippen molar-refractivity contribution >= 4 is 11.8 Å². The SMILES string of the molecule is CCCCCCCCCCCCCCNC(=O)[C@H](Cc1ccccc1)NC(=O)[C@@H]1CCC[N+]1(C)C.[Cl-]. The van der Waals surface area contributed by atoms with Gasteiger partial charge < -0.3 is 27.5 Å². The van der Waals surface area contributed by atoms with Gasteiger partial charge in [-0.2, -0.15) is 0 Å². The lowest BCUT2D eigenvalue weighted by Crippen LogP contribution is -3.00.